The quantitative estimate of drug-likeness (QED) is 0.660. The molecule has 0 fully saturated rings. The van der Waals surface area contributed by atoms with Crippen LogP contribution in [0.3, 0.4) is 0 Å². The Morgan fingerprint density at radius 1 is 1.46 bits per heavy atom. The number of rotatable bonds is 4. The van der Waals surface area contributed by atoms with Gasteiger partial charge in [0.05, 0.1) is 0 Å². The van der Waals surface area contributed by atoms with E-state index in [9.17, 15) is 0 Å². The first-order valence-electron chi connectivity index (χ1n) is 4.36. The Kier molecular flexibility index (Phi) is 4.67. The third-order valence-electron chi connectivity index (χ3n) is 1.75. The lowest BCUT2D eigenvalue weighted by Crippen LogP contribution is -1.93. The number of benzene rings is 1. The first-order chi connectivity index (χ1) is 6.25. The molecular weight excluding hydrogens is 246 g/mol. The van der Waals surface area contributed by atoms with Gasteiger partial charge in [-0.2, -0.15) is 11.8 Å². The van der Waals surface area contributed by atoms with Crippen LogP contribution < -0.4 is 5.73 Å². The summed E-state index contributed by atoms with van der Waals surface area (Å²) < 4.78 is 1.12. The van der Waals surface area contributed by atoms with Crippen LogP contribution in [0.15, 0.2) is 22.7 Å². The highest BCUT2D eigenvalue weighted by atomic mass is 79.9. The molecule has 1 aromatic carbocycles. The fourth-order valence-corrected chi connectivity index (χ4v) is 2.71. The molecule has 0 amide bonds. The predicted molar refractivity (Wildman–Crippen MR) is 65.0 cm³/mol. The van der Waals surface area contributed by atoms with Crippen LogP contribution in [0.2, 0.25) is 0 Å². The lowest BCUT2D eigenvalue weighted by atomic mass is 10.2. The molecule has 0 aliphatic rings. The van der Waals surface area contributed by atoms with Crippen molar-refractivity contribution >= 4 is 33.4 Å². The molecule has 1 rings (SSSR count). The number of hydrogen-bond donors (Lipinski definition) is 1. The van der Waals surface area contributed by atoms with Crippen molar-refractivity contribution < 1.29 is 0 Å². The number of thioether (sulfide) groups is 1. The molecule has 0 bridgehead atoms. The second kappa shape index (κ2) is 5.55. The minimum absolute atomic E-state index is 0.887. The Hall–Kier alpha value is -0.150. The number of halogens is 1. The van der Waals surface area contributed by atoms with E-state index in [0.29, 0.717) is 0 Å². The molecule has 2 N–H and O–H groups in total. The second-order valence-corrected chi connectivity index (χ2v) is 4.82. The number of nitrogen functional groups attached to an aromatic ring is 1. The van der Waals surface area contributed by atoms with Gasteiger partial charge >= 0.3 is 0 Å². The summed E-state index contributed by atoms with van der Waals surface area (Å²) in [7, 11) is 0. The van der Waals surface area contributed by atoms with Gasteiger partial charge in [0.25, 0.3) is 0 Å². The van der Waals surface area contributed by atoms with Gasteiger partial charge in [0.15, 0.2) is 0 Å². The van der Waals surface area contributed by atoms with Crippen LogP contribution in [-0.4, -0.2) is 5.75 Å². The Balaban J connectivity index is 2.64. The van der Waals surface area contributed by atoms with E-state index in [1.165, 1.54) is 17.7 Å². The van der Waals surface area contributed by atoms with Crippen molar-refractivity contribution in [1.82, 2.24) is 0 Å². The monoisotopic (exact) mass is 259 g/mol. The maximum absolute atomic E-state index is 5.86. The van der Waals surface area contributed by atoms with E-state index in [1.807, 2.05) is 30.0 Å². The number of nitrogens with two attached hydrogens (primary N) is 1. The molecule has 0 unspecified atom stereocenters. The fourth-order valence-electron chi connectivity index (χ4n) is 1.05. The van der Waals surface area contributed by atoms with E-state index >= 15 is 0 Å². The molecule has 1 aromatic rings. The van der Waals surface area contributed by atoms with Gasteiger partial charge in [-0.1, -0.05) is 28.9 Å². The van der Waals surface area contributed by atoms with Crippen molar-refractivity contribution in [2.24, 2.45) is 0 Å². The summed E-state index contributed by atoms with van der Waals surface area (Å²) in [6, 6.07) is 5.96. The molecule has 0 spiro atoms. The van der Waals surface area contributed by atoms with Gasteiger partial charge in [0.2, 0.25) is 0 Å². The maximum Gasteiger partial charge on any atom is 0.0366 e. The Bertz CT molecular complexity index is 255. The zero-order valence-corrected chi connectivity index (χ0v) is 10.1. The molecule has 0 aliphatic heterocycles. The van der Waals surface area contributed by atoms with Crippen molar-refractivity contribution in [2.75, 3.05) is 11.5 Å². The highest BCUT2D eigenvalue weighted by Crippen LogP contribution is 2.26. The van der Waals surface area contributed by atoms with Crippen LogP contribution in [0.25, 0.3) is 0 Å². The molecule has 72 valence electrons. The smallest absolute Gasteiger partial charge is 0.0366 e. The normalized spacial score (nSPS) is 10.3. The summed E-state index contributed by atoms with van der Waals surface area (Å²) in [5.74, 6) is 2.20. The van der Waals surface area contributed by atoms with Gasteiger partial charge in [-0.15, -0.1) is 0 Å². The average Bonchev–Trinajstić information content (AvgIpc) is 2.10. The molecule has 0 heterocycles. The molecule has 0 atom stereocenters. The van der Waals surface area contributed by atoms with E-state index in [1.54, 1.807) is 0 Å². The summed E-state index contributed by atoms with van der Waals surface area (Å²) in [6.45, 7) is 2.19. The van der Waals surface area contributed by atoms with Gasteiger partial charge in [0.1, 0.15) is 0 Å². The lowest BCUT2D eigenvalue weighted by molar-refractivity contribution is 1.10. The number of anilines is 1. The van der Waals surface area contributed by atoms with Crippen molar-refractivity contribution in [3.8, 4) is 0 Å². The highest BCUT2D eigenvalue weighted by molar-refractivity contribution is 9.10. The van der Waals surface area contributed by atoms with Crippen LogP contribution in [0.4, 0.5) is 5.69 Å². The van der Waals surface area contributed by atoms with Crippen LogP contribution in [-0.2, 0) is 5.75 Å². The zero-order valence-electron chi connectivity index (χ0n) is 7.72. The molecule has 0 saturated carbocycles. The third-order valence-corrected chi connectivity index (χ3v) is 3.68. The van der Waals surface area contributed by atoms with Crippen LogP contribution in [0, 0.1) is 0 Å². The highest BCUT2D eigenvalue weighted by Gasteiger charge is 2.02. The van der Waals surface area contributed by atoms with E-state index in [4.69, 9.17) is 5.73 Å². The van der Waals surface area contributed by atoms with E-state index < -0.39 is 0 Å². The third kappa shape index (κ3) is 3.24. The second-order valence-electron chi connectivity index (χ2n) is 2.86. The zero-order chi connectivity index (χ0) is 9.68. The molecule has 0 aromatic heterocycles. The summed E-state index contributed by atoms with van der Waals surface area (Å²) in [5, 5.41) is 0. The Morgan fingerprint density at radius 3 is 2.85 bits per heavy atom. The SMILES string of the molecule is CCCSCc1c(N)cccc1Br. The van der Waals surface area contributed by atoms with Gasteiger partial charge in [-0.25, -0.2) is 0 Å². The van der Waals surface area contributed by atoms with Crippen molar-refractivity contribution in [1.29, 1.82) is 0 Å². The molecule has 13 heavy (non-hydrogen) atoms. The van der Waals surface area contributed by atoms with Gasteiger partial charge in [-0.05, 0) is 29.9 Å². The fraction of sp³-hybridized carbons (Fsp3) is 0.400. The summed E-state index contributed by atoms with van der Waals surface area (Å²) >= 11 is 5.43. The topological polar surface area (TPSA) is 26.0 Å². The summed E-state index contributed by atoms with van der Waals surface area (Å²) in [5.41, 5.74) is 7.97. The Morgan fingerprint density at radius 2 is 2.23 bits per heavy atom. The molecule has 0 radical (unpaired) electrons. The van der Waals surface area contributed by atoms with Crippen LogP contribution in [0.5, 0.6) is 0 Å². The van der Waals surface area contributed by atoms with Crippen molar-refractivity contribution in [3.63, 3.8) is 0 Å². The molecule has 3 heteroatoms. The summed E-state index contributed by atoms with van der Waals surface area (Å²) in [4.78, 5) is 0. The van der Waals surface area contributed by atoms with Crippen LogP contribution in [0.1, 0.15) is 18.9 Å². The standard InChI is InChI=1S/C10H14BrNS/c1-2-6-13-7-8-9(11)4-3-5-10(8)12/h3-5H,2,6-7,12H2,1H3. The Labute approximate surface area is 92.2 Å². The van der Waals surface area contributed by atoms with Crippen LogP contribution >= 0.6 is 27.7 Å². The predicted octanol–water partition coefficient (Wildman–Crippen LogP) is 3.67. The molecule has 0 aliphatic carbocycles. The molecule has 0 saturated heterocycles. The largest absolute Gasteiger partial charge is 0.398 e. The maximum atomic E-state index is 5.86. The van der Waals surface area contributed by atoms with E-state index in [2.05, 4.69) is 22.9 Å². The van der Waals surface area contributed by atoms with Crippen molar-refractivity contribution in [2.45, 2.75) is 19.1 Å². The number of hydrogen-bond acceptors (Lipinski definition) is 2. The molecule has 1 nitrogen and oxygen atoms in total. The average molecular weight is 260 g/mol. The van der Waals surface area contributed by atoms with Gasteiger partial charge in [0, 0.05) is 15.9 Å². The van der Waals surface area contributed by atoms with Gasteiger partial charge in [-0.3, -0.25) is 0 Å². The molecular formula is C10H14BrNS. The van der Waals surface area contributed by atoms with E-state index in [-0.39, 0.29) is 0 Å². The van der Waals surface area contributed by atoms with Gasteiger partial charge < -0.3 is 5.73 Å². The first-order valence-corrected chi connectivity index (χ1v) is 6.31. The minimum Gasteiger partial charge on any atom is -0.398 e. The van der Waals surface area contributed by atoms with Crippen molar-refractivity contribution in [3.05, 3.63) is 28.2 Å². The summed E-state index contributed by atoms with van der Waals surface area (Å²) in [6.07, 6.45) is 1.22. The lowest BCUT2D eigenvalue weighted by Gasteiger charge is -2.06. The minimum atomic E-state index is 0.887. The first kappa shape index (κ1) is 10.9. The van der Waals surface area contributed by atoms with E-state index in [0.717, 1.165) is 15.9 Å².